The summed E-state index contributed by atoms with van der Waals surface area (Å²) in [6.45, 7) is 3.91. The van der Waals surface area contributed by atoms with Gasteiger partial charge in [-0.15, -0.1) is 0 Å². The van der Waals surface area contributed by atoms with Crippen molar-refractivity contribution in [2.75, 3.05) is 0 Å². The van der Waals surface area contributed by atoms with Crippen LogP contribution >= 0.6 is 0 Å². The predicted octanol–water partition coefficient (Wildman–Crippen LogP) is 3.54. The molecule has 2 rings (SSSR count). The van der Waals surface area contributed by atoms with Crippen molar-refractivity contribution >= 4 is 0 Å². The zero-order valence-electron chi connectivity index (χ0n) is 11.2. The molecule has 3 heteroatoms. The number of ether oxygens (including phenoxy) is 1. The number of para-hydroxylation sites is 1. The number of rotatable bonds is 3. The number of hydrogen-bond acceptors (Lipinski definition) is 2. The predicted molar refractivity (Wildman–Crippen MR) is 71.4 cm³/mol. The number of alkyl halides is 1. The summed E-state index contributed by atoms with van der Waals surface area (Å²) in [6, 6.07) is 7.60. The minimum Gasteiger partial charge on any atom is -0.491 e. The van der Waals surface area contributed by atoms with Crippen molar-refractivity contribution in [1.29, 1.82) is 0 Å². The third-order valence-electron chi connectivity index (χ3n) is 3.56. The second kappa shape index (κ2) is 5.27. The molecule has 0 saturated heterocycles. The van der Waals surface area contributed by atoms with Crippen LogP contribution in [0.3, 0.4) is 0 Å². The second-order valence-corrected chi connectivity index (χ2v) is 5.47. The third-order valence-corrected chi connectivity index (χ3v) is 3.56. The summed E-state index contributed by atoms with van der Waals surface area (Å²) in [4.78, 5) is 0. The fourth-order valence-corrected chi connectivity index (χ4v) is 2.56. The molecule has 1 aliphatic rings. The van der Waals surface area contributed by atoms with Crippen LogP contribution < -0.4 is 10.5 Å². The first-order valence-electron chi connectivity index (χ1n) is 6.72. The maximum atomic E-state index is 15.1. The van der Waals surface area contributed by atoms with E-state index < -0.39 is 5.67 Å². The van der Waals surface area contributed by atoms with Crippen LogP contribution in [0.4, 0.5) is 4.39 Å². The Bertz CT molecular complexity index is 397. The molecule has 1 aromatic carbocycles. The van der Waals surface area contributed by atoms with E-state index in [0.717, 1.165) is 12.8 Å². The highest BCUT2D eigenvalue weighted by atomic mass is 19.1. The summed E-state index contributed by atoms with van der Waals surface area (Å²) in [5.41, 5.74) is 5.26. The molecule has 1 aliphatic carbocycles. The van der Waals surface area contributed by atoms with Crippen LogP contribution in [-0.2, 0) is 5.67 Å². The first-order chi connectivity index (χ1) is 8.51. The smallest absolute Gasteiger partial charge is 0.139 e. The van der Waals surface area contributed by atoms with E-state index in [1.807, 2.05) is 38.1 Å². The average molecular weight is 251 g/mol. The largest absolute Gasteiger partial charge is 0.491 e. The number of benzene rings is 1. The monoisotopic (exact) mass is 251 g/mol. The lowest BCUT2D eigenvalue weighted by Crippen LogP contribution is -2.34. The molecule has 0 bridgehead atoms. The van der Waals surface area contributed by atoms with E-state index in [1.54, 1.807) is 0 Å². The van der Waals surface area contributed by atoms with Crippen LogP contribution in [0.15, 0.2) is 24.3 Å². The quantitative estimate of drug-likeness (QED) is 0.891. The summed E-state index contributed by atoms with van der Waals surface area (Å²) in [7, 11) is 0. The van der Waals surface area contributed by atoms with Crippen LogP contribution in [0.25, 0.3) is 0 Å². The normalized spacial score (nSPS) is 28.4. The van der Waals surface area contributed by atoms with Crippen LogP contribution in [0.1, 0.15) is 45.1 Å². The minimum atomic E-state index is -1.28. The number of halogens is 1. The fourth-order valence-electron chi connectivity index (χ4n) is 2.56. The SMILES string of the molecule is CC(C)Oc1ccccc1C1(F)CCC(N)CC1. The number of nitrogens with two attached hydrogens (primary N) is 1. The van der Waals surface area contributed by atoms with Crippen molar-refractivity contribution in [3.05, 3.63) is 29.8 Å². The molecule has 0 aromatic heterocycles. The molecule has 0 radical (unpaired) electrons. The van der Waals surface area contributed by atoms with Crippen molar-refractivity contribution in [2.24, 2.45) is 5.73 Å². The molecule has 2 nitrogen and oxygen atoms in total. The Hall–Kier alpha value is -1.09. The Balaban J connectivity index is 2.26. The van der Waals surface area contributed by atoms with Crippen molar-refractivity contribution in [1.82, 2.24) is 0 Å². The molecule has 100 valence electrons. The standard InChI is InChI=1S/C15H22FNO/c1-11(2)18-14-6-4-3-5-13(14)15(16)9-7-12(17)8-10-15/h3-6,11-12H,7-10,17H2,1-2H3. The van der Waals surface area contributed by atoms with E-state index in [2.05, 4.69) is 0 Å². The molecular weight excluding hydrogens is 229 g/mol. The zero-order valence-corrected chi connectivity index (χ0v) is 11.2. The van der Waals surface area contributed by atoms with E-state index in [1.165, 1.54) is 0 Å². The Morgan fingerprint density at radius 2 is 1.89 bits per heavy atom. The summed E-state index contributed by atoms with van der Waals surface area (Å²) in [5, 5.41) is 0. The van der Waals surface area contributed by atoms with Gasteiger partial charge in [0.15, 0.2) is 0 Å². The molecule has 18 heavy (non-hydrogen) atoms. The Kier molecular flexibility index (Phi) is 3.91. The van der Waals surface area contributed by atoms with Crippen LogP contribution in [0.2, 0.25) is 0 Å². The second-order valence-electron chi connectivity index (χ2n) is 5.47. The summed E-state index contributed by atoms with van der Waals surface area (Å²) in [5.74, 6) is 0.672. The fraction of sp³-hybridized carbons (Fsp3) is 0.600. The van der Waals surface area contributed by atoms with E-state index in [0.29, 0.717) is 24.2 Å². The average Bonchev–Trinajstić information content (AvgIpc) is 2.33. The van der Waals surface area contributed by atoms with Crippen LogP contribution in [-0.4, -0.2) is 12.1 Å². The highest BCUT2D eigenvalue weighted by Crippen LogP contribution is 2.44. The first kappa shape index (κ1) is 13.3. The van der Waals surface area contributed by atoms with Crippen molar-refractivity contribution in [3.63, 3.8) is 0 Å². The maximum absolute atomic E-state index is 15.1. The third kappa shape index (κ3) is 2.83. The van der Waals surface area contributed by atoms with Gasteiger partial charge in [-0.05, 0) is 45.6 Å². The zero-order chi connectivity index (χ0) is 13.2. The van der Waals surface area contributed by atoms with Crippen molar-refractivity contribution in [2.45, 2.75) is 57.3 Å². The molecule has 0 spiro atoms. The van der Waals surface area contributed by atoms with Crippen molar-refractivity contribution in [3.8, 4) is 5.75 Å². The van der Waals surface area contributed by atoms with Gasteiger partial charge in [-0.3, -0.25) is 0 Å². The van der Waals surface area contributed by atoms with Gasteiger partial charge in [-0.25, -0.2) is 4.39 Å². The van der Waals surface area contributed by atoms with Crippen LogP contribution in [0, 0.1) is 0 Å². The summed E-state index contributed by atoms with van der Waals surface area (Å²) >= 11 is 0. The number of hydrogen-bond donors (Lipinski definition) is 1. The molecule has 0 heterocycles. The van der Waals surface area contributed by atoms with Gasteiger partial charge in [0.1, 0.15) is 11.4 Å². The molecule has 1 aromatic rings. The van der Waals surface area contributed by atoms with Crippen LogP contribution in [0.5, 0.6) is 5.75 Å². The highest BCUT2D eigenvalue weighted by Gasteiger charge is 2.38. The minimum absolute atomic E-state index is 0.0561. The van der Waals surface area contributed by atoms with Gasteiger partial charge in [-0.1, -0.05) is 18.2 Å². The van der Waals surface area contributed by atoms with E-state index >= 15 is 4.39 Å². The molecule has 0 unspecified atom stereocenters. The van der Waals surface area contributed by atoms with Gasteiger partial charge in [0.05, 0.1) is 6.10 Å². The topological polar surface area (TPSA) is 35.2 Å². The Labute approximate surface area is 108 Å². The molecule has 2 N–H and O–H groups in total. The molecule has 0 atom stereocenters. The molecule has 1 fully saturated rings. The van der Waals surface area contributed by atoms with Gasteiger partial charge in [-0.2, -0.15) is 0 Å². The molecule has 1 saturated carbocycles. The van der Waals surface area contributed by atoms with Gasteiger partial charge in [0.2, 0.25) is 0 Å². The maximum Gasteiger partial charge on any atom is 0.139 e. The van der Waals surface area contributed by atoms with E-state index in [9.17, 15) is 0 Å². The Morgan fingerprint density at radius 3 is 2.50 bits per heavy atom. The highest BCUT2D eigenvalue weighted by molar-refractivity contribution is 5.38. The van der Waals surface area contributed by atoms with E-state index in [4.69, 9.17) is 10.5 Å². The van der Waals surface area contributed by atoms with Gasteiger partial charge < -0.3 is 10.5 Å². The summed E-state index contributed by atoms with van der Waals surface area (Å²) in [6.07, 6.45) is 2.53. The van der Waals surface area contributed by atoms with Gasteiger partial charge in [0.25, 0.3) is 0 Å². The van der Waals surface area contributed by atoms with Crippen molar-refractivity contribution < 1.29 is 9.13 Å². The lowest BCUT2D eigenvalue weighted by Gasteiger charge is -2.34. The van der Waals surface area contributed by atoms with Gasteiger partial charge in [0, 0.05) is 11.6 Å². The van der Waals surface area contributed by atoms with E-state index in [-0.39, 0.29) is 12.1 Å². The van der Waals surface area contributed by atoms with Gasteiger partial charge >= 0.3 is 0 Å². The Morgan fingerprint density at radius 1 is 1.28 bits per heavy atom. The molecular formula is C15H22FNO. The first-order valence-corrected chi connectivity index (χ1v) is 6.72. The molecule has 0 aliphatic heterocycles. The molecule has 0 amide bonds. The summed E-state index contributed by atoms with van der Waals surface area (Å²) < 4.78 is 20.8. The lowest BCUT2D eigenvalue weighted by molar-refractivity contribution is 0.0915. The lowest BCUT2D eigenvalue weighted by atomic mass is 9.79.